The van der Waals surface area contributed by atoms with Crippen molar-refractivity contribution in [1.82, 2.24) is 0 Å². The number of benzene rings is 1. The summed E-state index contributed by atoms with van der Waals surface area (Å²) in [7, 11) is 0. The highest BCUT2D eigenvalue weighted by Crippen LogP contribution is 2.41. The maximum absolute atomic E-state index is 10.3. The summed E-state index contributed by atoms with van der Waals surface area (Å²) in [6.45, 7) is 17.3. The van der Waals surface area contributed by atoms with Gasteiger partial charge in [0.05, 0.1) is 0 Å². The predicted molar refractivity (Wildman–Crippen MR) is 84.8 cm³/mol. The van der Waals surface area contributed by atoms with E-state index in [9.17, 15) is 5.11 Å². The summed E-state index contributed by atoms with van der Waals surface area (Å²) < 4.78 is 0. The summed E-state index contributed by atoms with van der Waals surface area (Å²) in [5.41, 5.74) is 4.74. The fourth-order valence-electron chi connectivity index (χ4n) is 2.61. The molecule has 1 rings (SSSR count). The zero-order chi connectivity index (χ0) is 15.0. The van der Waals surface area contributed by atoms with Crippen LogP contribution < -0.4 is 0 Å². The van der Waals surface area contributed by atoms with Gasteiger partial charge in [-0.1, -0.05) is 59.3 Å². The zero-order valence-electron chi connectivity index (χ0n) is 13.7. The Bertz CT molecular complexity index is 490. The van der Waals surface area contributed by atoms with Crippen LogP contribution in [0.1, 0.15) is 72.1 Å². The van der Waals surface area contributed by atoms with Crippen molar-refractivity contribution in [2.24, 2.45) is 0 Å². The van der Waals surface area contributed by atoms with Crippen LogP contribution in [0.15, 0.2) is 17.7 Å². The van der Waals surface area contributed by atoms with Gasteiger partial charge in [-0.05, 0) is 41.9 Å². The Labute approximate surface area is 118 Å². The first kappa shape index (κ1) is 15.8. The Morgan fingerprint density at radius 1 is 0.895 bits per heavy atom. The van der Waals surface area contributed by atoms with Gasteiger partial charge in [0.2, 0.25) is 0 Å². The summed E-state index contributed by atoms with van der Waals surface area (Å²) in [5.74, 6) is 0.406. The predicted octanol–water partition coefficient (Wildman–Crippen LogP) is 5.41. The molecule has 1 N–H and O–H groups in total. The van der Waals surface area contributed by atoms with Crippen LogP contribution in [0.5, 0.6) is 5.75 Å². The van der Waals surface area contributed by atoms with Crippen molar-refractivity contribution in [2.45, 2.75) is 66.2 Å². The number of phenolic OH excluding ortho intramolecular Hbond substituents is 1. The average Bonchev–Trinajstić information content (AvgIpc) is 2.15. The lowest BCUT2D eigenvalue weighted by Gasteiger charge is -2.32. The molecule has 0 fully saturated rings. The maximum Gasteiger partial charge on any atom is 0.119 e. The Balaban J connectivity index is 3.76. The molecule has 0 aromatic heterocycles. The second kappa shape index (κ2) is 5.03. The minimum Gasteiger partial charge on any atom is -0.508 e. The normalized spacial score (nSPS) is 12.4. The molecule has 0 unspecified atom stereocenters. The Morgan fingerprint density at radius 3 is 1.74 bits per heavy atom. The van der Waals surface area contributed by atoms with E-state index >= 15 is 0 Å². The smallest absolute Gasteiger partial charge is 0.119 e. The topological polar surface area (TPSA) is 20.2 Å². The third kappa shape index (κ3) is 3.62. The first-order chi connectivity index (χ1) is 8.44. The highest BCUT2D eigenvalue weighted by atomic mass is 16.3. The largest absolute Gasteiger partial charge is 0.508 e. The molecule has 0 aliphatic carbocycles. The summed E-state index contributed by atoms with van der Waals surface area (Å²) in [6.07, 6.45) is 2.20. The lowest BCUT2D eigenvalue weighted by molar-refractivity contribution is 0.435. The van der Waals surface area contributed by atoms with Gasteiger partial charge in [0.25, 0.3) is 0 Å². The number of hydrogen-bond acceptors (Lipinski definition) is 1. The van der Waals surface area contributed by atoms with Crippen molar-refractivity contribution in [3.05, 3.63) is 34.4 Å². The number of allylic oxidation sites excluding steroid dienone is 1. The molecule has 1 nitrogen and oxygen atoms in total. The van der Waals surface area contributed by atoms with Crippen molar-refractivity contribution in [1.29, 1.82) is 0 Å². The first-order valence-electron chi connectivity index (χ1n) is 6.96. The van der Waals surface area contributed by atoms with Gasteiger partial charge in [-0.15, -0.1) is 0 Å². The summed E-state index contributed by atoms with van der Waals surface area (Å²) in [6, 6.07) is 3.85. The van der Waals surface area contributed by atoms with Crippen LogP contribution >= 0.6 is 0 Å². The Hall–Kier alpha value is -1.24. The van der Waals surface area contributed by atoms with E-state index in [1.165, 1.54) is 16.7 Å². The van der Waals surface area contributed by atoms with Crippen molar-refractivity contribution < 1.29 is 5.11 Å². The highest BCUT2D eigenvalue weighted by Gasteiger charge is 2.29. The van der Waals surface area contributed by atoms with Gasteiger partial charge in [0, 0.05) is 5.56 Å². The molecule has 1 heteroatoms. The van der Waals surface area contributed by atoms with Gasteiger partial charge < -0.3 is 5.11 Å². The highest BCUT2D eigenvalue weighted by molar-refractivity contribution is 5.63. The molecule has 0 amide bonds. The molecule has 0 aliphatic rings. The van der Waals surface area contributed by atoms with Crippen LogP contribution in [0.2, 0.25) is 0 Å². The van der Waals surface area contributed by atoms with Crippen LogP contribution in [-0.2, 0) is 10.8 Å². The van der Waals surface area contributed by atoms with Gasteiger partial charge in [-0.3, -0.25) is 0 Å². The van der Waals surface area contributed by atoms with Gasteiger partial charge in [-0.2, -0.15) is 0 Å². The average molecular weight is 260 g/mol. The molecule has 0 saturated heterocycles. The van der Waals surface area contributed by atoms with E-state index in [4.69, 9.17) is 0 Å². The molecule has 0 saturated carbocycles. The molecule has 1 aromatic rings. The number of phenols is 1. The zero-order valence-corrected chi connectivity index (χ0v) is 13.7. The molecule has 106 valence electrons. The lowest BCUT2D eigenvalue weighted by atomic mass is 9.72. The molecule has 0 aliphatic heterocycles. The number of hydrogen-bond donors (Lipinski definition) is 1. The summed E-state index contributed by atoms with van der Waals surface area (Å²) in [5, 5.41) is 10.3. The van der Waals surface area contributed by atoms with Gasteiger partial charge in [0.1, 0.15) is 5.75 Å². The SMILES string of the molecule is CC(C)=Cc1ccc(O)c(C(C)(C)C)c1C(C)(C)C. The van der Waals surface area contributed by atoms with E-state index in [0.717, 1.165) is 5.56 Å². The van der Waals surface area contributed by atoms with Crippen molar-refractivity contribution >= 4 is 6.08 Å². The van der Waals surface area contributed by atoms with Gasteiger partial charge in [0.15, 0.2) is 0 Å². The quantitative estimate of drug-likeness (QED) is 0.715. The molecule has 0 bridgehead atoms. The van der Waals surface area contributed by atoms with Crippen molar-refractivity contribution in [3.63, 3.8) is 0 Å². The van der Waals surface area contributed by atoms with E-state index in [1.54, 1.807) is 0 Å². The van der Waals surface area contributed by atoms with Gasteiger partial charge >= 0.3 is 0 Å². The molecule has 0 atom stereocenters. The maximum atomic E-state index is 10.3. The first-order valence-corrected chi connectivity index (χ1v) is 6.96. The minimum absolute atomic E-state index is 0.00262. The van der Waals surface area contributed by atoms with Crippen LogP contribution in [-0.4, -0.2) is 5.11 Å². The van der Waals surface area contributed by atoms with E-state index in [1.807, 2.05) is 12.1 Å². The van der Waals surface area contributed by atoms with Crippen LogP contribution in [0, 0.1) is 0 Å². The second-order valence-electron chi connectivity index (χ2n) is 7.65. The molecule has 0 spiro atoms. The van der Waals surface area contributed by atoms with E-state index in [0.29, 0.717) is 5.75 Å². The molecular weight excluding hydrogens is 232 g/mol. The molecule has 0 heterocycles. The van der Waals surface area contributed by atoms with E-state index in [-0.39, 0.29) is 10.8 Å². The molecule has 19 heavy (non-hydrogen) atoms. The number of rotatable bonds is 1. The molecule has 1 aromatic carbocycles. The summed E-state index contributed by atoms with van der Waals surface area (Å²) in [4.78, 5) is 0. The Morgan fingerprint density at radius 2 is 1.37 bits per heavy atom. The van der Waals surface area contributed by atoms with Gasteiger partial charge in [-0.25, -0.2) is 0 Å². The minimum atomic E-state index is -0.0712. The number of aromatic hydroxyl groups is 1. The Kier molecular flexibility index (Phi) is 4.19. The molecule has 0 radical (unpaired) electrons. The fraction of sp³-hybridized carbons (Fsp3) is 0.556. The van der Waals surface area contributed by atoms with Crippen LogP contribution in [0.3, 0.4) is 0 Å². The lowest BCUT2D eigenvalue weighted by Crippen LogP contribution is -2.23. The van der Waals surface area contributed by atoms with Crippen molar-refractivity contribution in [2.75, 3.05) is 0 Å². The van der Waals surface area contributed by atoms with Crippen LogP contribution in [0.4, 0.5) is 0 Å². The van der Waals surface area contributed by atoms with Crippen LogP contribution in [0.25, 0.3) is 6.08 Å². The summed E-state index contributed by atoms with van der Waals surface area (Å²) >= 11 is 0. The standard InChI is InChI=1S/C18H28O/c1-12(2)11-13-9-10-14(19)16(18(6,7)8)15(13)17(3,4)5/h9-11,19H,1-8H3. The monoisotopic (exact) mass is 260 g/mol. The van der Waals surface area contributed by atoms with Crippen molar-refractivity contribution in [3.8, 4) is 5.75 Å². The van der Waals surface area contributed by atoms with E-state index < -0.39 is 0 Å². The van der Waals surface area contributed by atoms with E-state index in [2.05, 4.69) is 61.5 Å². The second-order valence-corrected chi connectivity index (χ2v) is 7.65. The fourth-order valence-corrected chi connectivity index (χ4v) is 2.61. The third-order valence-electron chi connectivity index (χ3n) is 3.16. The molecular formula is C18H28O. The third-order valence-corrected chi connectivity index (χ3v) is 3.16.